The summed E-state index contributed by atoms with van der Waals surface area (Å²) in [7, 11) is 0. The van der Waals surface area contributed by atoms with E-state index in [2.05, 4.69) is 26.1 Å². The minimum atomic E-state index is -0.349. The molecule has 0 aliphatic carbocycles. The van der Waals surface area contributed by atoms with E-state index >= 15 is 0 Å². The molecule has 0 saturated carbocycles. The van der Waals surface area contributed by atoms with Gasteiger partial charge in [0.2, 0.25) is 0 Å². The first kappa shape index (κ1) is 18.2. The van der Waals surface area contributed by atoms with Crippen LogP contribution in [-0.4, -0.2) is 35.2 Å². The number of anilines is 1. The Morgan fingerprint density at radius 1 is 1.25 bits per heavy atom. The number of nitrogens with zero attached hydrogens (tertiary/aromatic N) is 2. The van der Waals surface area contributed by atoms with E-state index in [1.807, 2.05) is 13.8 Å². The second-order valence-corrected chi connectivity index (χ2v) is 6.57. The fourth-order valence-electron chi connectivity index (χ4n) is 1.93. The molecular formula is C15H18ClN5O2S. The van der Waals surface area contributed by atoms with Crippen molar-refractivity contribution < 1.29 is 9.59 Å². The van der Waals surface area contributed by atoms with E-state index in [4.69, 9.17) is 11.6 Å². The summed E-state index contributed by atoms with van der Waals surface area (Å²) >= 11 is 7.59. The molecule has 2 aromatic rings. The molecule has 0 bridgehead atoms. The van der Waals surface area contributed by atoms with Crippen molar-refractivity contribution in [1.29, 1.82) is 0 Å². The second kappa shape index (κ2) is 8.60. The van der Waals surface area contributed by atoms with E-state index in [-0.39, 0.29) is 17.0 Å². The monoisotopic (exact) mass is 367 g/mol. The molecule has 128 valence electrons. The summed E-state index contributed by atoms with van der Waals surface area (Å²) in [5, 5.41) is 18.0. The number of benzene rings is 1. The Bertz CT molecular complexity index is 734. The summed E-state index contributed by atoms with van der Waals surface area (Å²) in [5.41, 5.74) is 0.883. The van der Waals surface area contributed by atoms with Gasteiger partial charge in [-0.05, 0) is 32.0 Å². The van der Waals surface area contributed by atoms with E-state index in [0.717, 1.165) is 10.0 Å². The first-order valence-corrected chi connectivity index (χ1v) is 8.60. The predicted octanol–water partition coefficient (Wildman–Crippen LogP) is 2.61. The molecule has 3 amide bonds. The number of carbonyl (C=O) groups is 2. The third-order valence-corrected chi connectivity index (χ3v) is 4.21. The topological polar surface area (TPSA) is 96.0 Å². The SMILES string of the molecule is CCNC(=O)c1ccc(NC(=O)NCCc2nnc(C)s2)cc1Cl. The van der Waals surface area contributed by atoms with Gasteiger partial charge in [-0.25, -0.2) is 4.79 Å². The van der Waals surface area contributed by atoms with Crippen molar-refractivity contribution in [2.75, 3.05) is 18.4 Å². The molecule has 0 fully saturated rings. The number of urea groups is 1. The Kier molecular flexibility index (Phi) is 6.51. The van der Waals surface area contributed by atoms with E-state index in [0.29, 0.717) is 30.8 Å². The number of hydrogen-bond acceptors (Lipinski definition) is 5. The van der Waals surface area contributed by atoms with Gasteiger partial charge in [-0.1, -0.05) is 11.6 Å². The van der Waals surface area contributed by atoms with Crippen LogP contribution >= 0.6 is 22.9 Å². The van der Waals surface area contributed by atoms with Gasteiger partial charge in [-0.2, -0.15) is 0 Å². The average Bonchev–Trinajstić information content (AvgIpc) is 2.93. The van der Waals surface area contributed by atoms with Crippen LogP contribution in [0.3, 0.4) is 0 Å². The van der Waals surface area contributed by atoms with Crippen molar-refractivity contribution in [2.45, 2.75) is 20.3 Å². The van der Waals surface area contributed by atoms with Gasteiger partial charge in [0.25, 0.3) is 5.91 Å². The van der Waals surface area contributed by atoms with Crippen LogP contribution in [0.1, 0.15) is 27.3 Å². The minimum Gasteiger partial charge on any atom is -0.352 e. The summed E-state index contributed by atoms with van der Waals surface area (Å²) in [5.74, 6) is -0.245. The zero-order chi connectivity index (χ0) is 17.5. The molecule has 9 heteroatoms. The molecule has 0 radical (unpaired) electrons. The summed E-state index contributed by atoms with van der Waals surface area (Å²) < 4.78 is 0. The number of rotatable bonds is 6. The number of carbonyl (C=O) groups excluding carboxylic acids is 2. The molecule has 24 heavy (non-hydrogen) atoms. The van der Waals surface area contributed by atoms with E-state index < -0.39 is 0 Å². The zero-order valence-electron chi connectivity index (χ0n) is 13.4. The summed E-state index contributed by atoms with van der Waals surface area (Å²) in [4.78, 5) is 23.6. The number of aryl methyl sites for hydroxylation is 1. The van der Waals surface area contributed by atoms with Crippen LogP contribution in [0.15, 0.2) is 18.2 Å². The first-order valence-electron chi connectivity index (χ1n) is 7.41. The summed E-state index contributed by atoms with van der Waals surface area (Å²) in [6.07, 6.45) is 0.621. The maximum absolute atomic E-state index is 11.9. The van der Waals surface area contributed by atoms with Gasteiger partial charge in [-0.15, -0.1) is 21.5 Å². The van der Waals surface area contributed by atoms with Crippen LogP contribution in [0.5, 0.6) is 0 Å². The standard InChI is InChI=1S/C15H18ClN5O2S/c1-3-17-14(22)11-5-4-10(8-12(11)16)19-15(23)18-7-6-13-21-20-9(2)24-13/h4-5,8H,3,6-7H2,1-2H3,(H,17,22)(H2,18,19,23). The van der Waals surface area contributed by atoms with Gasteiger partial charge in [0, 0.05) is 25.2 Å². The number of halogens is 1. The molecule has 7 nitrogen and oxygen atoms in total. The summed E-state index contributed by atoms with van der Waals surface area (Å²) in [6, 6.07) is 4.40. The van der Waals surface area contributed by atoms with E-state index in [9.17, 15) is 9.59 Å². The molecule has 0 saturated heterocycles. The molecule has 1 aromatic heterocycles. The van der Waals surface area contributed by atoms with Gasteiger partial charge in [0.05, 0.1) is 10.6 Å². The van der Waals surface area contributed by atoms with Crippen LogP contribution in [0.25, 0.3) is 0 Å². The van der Waals surface area contributed by atoms with Crippen LogP contribution in [0, 0.1) is 6.92 Å². The van der Waals surface area contributed by atoms with Gasteiger partial charge in [0.1, 0.15) is 10.0 Å². The Hall–Kier alpha value is -2.19. The lowest BCUT2D eigenvalue weighted by Gasteiger charge is -2.09. The Morgan fingerprint density at radius 2 is 2.04 bits per heavy atom. The van der Waals surface area contributed by atoms with Crippen LogP contribution in [0.2, 0.25) is 5.02 Å². The Labute approximate surface area is 148 Å². The highest BCUT2D eigenvalue weighted by Crippen LogP contribution is 2.21. The number of amides is 3. The predicted molar refractivity (Wildman–Crippen MR) is 94.8 cm³/mol. The van der Waals surface area contributed by atoms with Crippen LogP contribution in [0.4, 0.5) is 10.5 Å². The smallest absolute Gasteiger partial charge is 0.319 e. The number of aromatic nitrogens is 2. The van der Waals surface area contributed by atoms with Crippen molar-refractivity contribution in [3.8, 4) is 0 Å². The lowest BCUT2D eigenvalue weighted by atomic mass is 10.2. The molecule has 1 aromatic carbocycles. The molecule has 0 unspecified atom stereocenters. The van der Waals surface area contributed by atoms with Gasteiger partial charge in [-0.3, -0.25) is 4.79 Å². The number of hydrogen-bond donors (Lipinski definition) is 3. The molecule has 1 heterocycles. The molecule has 0 aliphatic heterocycles. The Balaban J connectivity index is 1.85. The highest BCUT2D eigenvalue weighted by atomic mass is 35.5. The van der Waals surface area contributed by atoms with Crippen molar-refractivity contribution in [2.24, 2.45) is 0 Å². The third-order valence-electron chi connectivity index (χ3n) is 3.00. The minimum absolute atomic E-state index is 0.245. The quantitative estimate of drug-likeness (QED) is 0.731. The Morgan fingerprint density at radius 3 is 2.67 bits per heavy atom. The third kappa shape index (κ3) is 5.17. The van der Waals surface area contributed by atoms with Crippen LogP contribution in [-0.2, 0) is 6.42 Å². The fraction of sp³-hybridized carbons (Fsp3) is 0.333. The first-order chi connectivity index (χ1) is 11.5. The van der Waals surface area contributed by atoms with E-state index in [1.54, 1.807) is 18.2 Å². The lowest BCUT2D eigenvalue weighted by molar-refractivity contribution is 0.0956. The number of nitrogens with one attached hydrogen (secondary N) is 3. The van der Waals surface area contributed by atoms with Gasteiger partial charge in [0.15, 0.2) is 0 Å². The highest BCUT2D eigenvalue weighted by Gasteiger charge is 2.11. The molecular weight excluding hydrogens is 350 g/mol. The molecule has 0 spiro atoms. The van der Waals surface area contributed by atoms with Gasteiger partial charge >= 0.3 is 6.03 Å². The van der Waals surface area contributed by atoms with E-state index in [1.165, 1.54) is 11.3 Å². The van der Waals surface area contributed by atoms with Crippen molar-refractivity contribution >= 4 is 40.6 Å². The highest BCUT2D eigenvalue weighted by molar-refractivity contribution is 7.11. The van der Waals surface area contributed by atoms with Gasteiger partial charge < -0.3 is 16.0 Å². The molecule has 0 atom stereocenters. The average molecular weight is 368 g/mol. The summed E-state index contributed by atoms with van der Waals surface area (Å²) in [6.45, 7) is 4.68. The van der Waals surface area contributed by atoms with Crippen molar-refractivity contribution in [1.82, 2.24) is 20.8 Å². The molecule has 2 rings (SSSR count). The van der Waals surface area contributed by atoms with Crippen LogP contribution < -0.4 is 16.0 Å². The zero-order valence-corrected chi connectivity index (χ0v) is 14.9. The second-order valence-electron chi connectivity index (χ2n) is 4.90. The normalized spacial score (nSPS) is 10.3. The largest absolute Gasteiger partial charge is 0.352 e. The van der Waals surface area contributed by atoms with Crippen molar-refractivity contribution in [3.63, 3.8) is 0 Å². The van der Waals surface area contributed by atoms with Crippen molar-refractivity contribution in [3.05, 3.63) is 38.8 Å². The molecule has 0 aliphatic rings. The lowest BCUT2D eigenvalue weighted by Crippen LogP contribution is -2.30. The maximum atomic E-state index is 11.9. The maximum Gasteiger partial charge on any atom is 0.319 e. The molecule has 3 N–H and O–H groups in total. The fourth-order valence-corrected chi connectivity index (χ4v) is 2.90.